The van der Waals surface area contributed by atoms with Crippen molar-refractivity contribution in [3.8, 4) is 0 Å². The highest BCUT2D eigenvalue weighted by Crippen LogP contribution is 2.72. The fourth-order valence-electron chi connectivity index (χ4n) is 3.05. The quantitative estimate of drug-likeness (QED) is 0.740. The van der Waals surface area contributed by atoms with E-state index in [0.29, 0.717) is 22.2 Å². The lowest BCUT2D eigenvalue weighted by atomic mass is 9.98. The normalized spacial score (nSPS) is 39.9. The van der Waals surface area contributed by atoms with E-state index in [1.807, 2.05) is 17.8 Å². The molecule has 3 aliphatic rings. The average molecular weight is 222 g/mol. The zero-order valence-corrected chi connectivity index (χ0v) is 9.89. The summed E-state index contributed by atoms with van der Waals surface area (Å²) in [6.07, 6.45) is 1.86. The number of carbonyl (C=O) groups is 1. The highest BCUT2D eigenvalue weighted by Gasteiger charge is 2.67. The van der Waals surface area contributed by atoms with Crippen molar-refractivity contribution in [1.82, 2.24) is 0 Å². The number of rotatable bonds is 1. The molecule has 1 saturated heterocycles. The van der Waals surface area contributed by atoms with E-state index in [-0.39, 0.29) is 5.25 Å². The van der Waals surface area contributed by atoms with Crippen LogP contribution in [-0.4, -0.2) is 21.6 Å². The highest BCUT2D eigenvalue weighted by molar-refractivity contribution is 8.01. The van der Waals surface area contributed by atoms with E-state index < -0.39 is 5.97 Å². The Morgan fingerprint density at radius 1 is 1.53 bits per heavy atom. The Morgan fingerprint density at radius 2 is 2.20 bits per heavy atom. The lowest BCUT2D eigenvalue weighted by molar-refractivity contribution is -0.132. The molecule has 1 heterocycles. The zero-order chi connectivity index (χ0) is 11.0. The maximum absolute atomic E-state index is 11.1. The van der Waals surface area contributed by atoms with E-state index >= 15 is 0 Å². The van der Waals surface area contributed by atoms with Gasteiger partial charge in [-0.05, 0) is 29.6 Å². The number of carboxylic acid groups (broad SMARTS) is 1. The third-order valence-corrected chi connectivity index (χ3v) is 5.94. The molecule has 3 heteroatoms. The summed E-state index contributed by atoms with van der Waals surface area (Å²) >= 11 is 1.85. The van der Waals surface area contributed by atoms with Crippen LogP contribution >= 0.6 is 11.8 Å². The Labute approximate surface area is 93.4 Å². The lowest BCUT2D eigenvalue weighted by Crippen LogP contribution is -2.15. The summed E-state index contributed by atoms with van der Waals surface area (Å²) in [7, 11) is 0. The van der Waals surface area contributed by atoms with Gasteiger partial charge < -0.3 is 5.11 Å². The van der Waals surface area contributed by atoms with Gasteiger partial charge in [-0.2, -0.15) is 0 Å². The third-order valence-electron chi connectivity index (χ3n) is 3.99. The van der Waals surface area contributed by atoms with Crippen LogP contribution in [0.5, 0.6) is 0 Å². The van der Waals surface area contributed by atoms with E-state index in [2.05, 4.69) is 20.8 Å². The van der Waals surface area contributed by atoms with Gasteiger partial charge in [0.25, 0.3) is 0 Å². The van der Waals surface area contributed by atoms with Crippen LogP contribution in [0.3, 0.4) is 0 Å². The topological polar surface area (TPSA) is 37.3 Å². The van der Waals surface area contributed by atoms with Crippen molar-refractivity contribution in [3.05, 3.63) is 22.8 Å². The second-order valence-electron chi connectivity index (χ2n) is 5.28. The Hall–Kier alpha value is -0.700. The first-order valence-electron chi connectivity index (χ1n) is 5.25. The van der Waals surface area contributed by atoms with Crippen LogP contribution in [0, 0.1) is 11.3 Å². The van der Waals surface area contributed by atoms with Gasteiger partial charge >= 0.3 is 5.97 Å². The summed E-state index contributed by atoms with van der Waals surface area (Å²) < 4.78 is 0. The first-order chi connectivity index (χ1) is 6.94. The van der Waals surface area contributed by atoms with Gasteiger partial charge in [0.05, 0.1) is 10.8 Å². The van der Waals surface area contributed by atoms with Gasteiger partial charge in [0, 0.05) is 11.2 Å². The molecule has 0 bridgehead atoms. The number of carboxylic acids is 1. The first kappa shape index (κ1) is 9.52. The summed E-state index contributed by atoms with van der Waals surface area (Å²) in [6.45, 7) is 6.62. The Morgan fingerprint density at radius 3 is 2.80 bits per heavy atom. The molecular formula is C12H14O2S. The third kappa shape index (κ3) is 0.996. The monoisotopic (exact) mass is 222 g/mol. The van der Waals surface area contributed by atoms with E-state index in [1.54, 1.807) is 0 Å². The largest absolute Gasteiger partial charge is 0.478 e. The fraction of sp³-hybridized carbons (Fsp3) is 0.583. The molecule has 1 unspecified atom stereocenters. The van der Waals surface area contributed by atoms with Gasteiger partial charge in [-0.15, -0.1) is 11.8 Å². The number of hydrogen-bond donors (Lipinski definition) is 1. The minimum atomic E-state index is -0.749. The minimum Gasteiger partial charge on any atom is -0.478 e. The molecule has 2 nitrogen and oxygen atoms in total. The Balaban J connectivity index is 1.98. The number of fused-ring (bicyclic) bond motifs is 3. The molecule has 1 aliphatic heterocycles. The molecule has 80 valence electrons. The molecule has 0 radical (unpaired) electrons. The molecule has 0 amide bonds. The molecule has 2 fully saturated rings. The van der Waals surface area contributed by atoms with Gasteiger partial charge in [-0.1, -0.05) is 13.8 Å². The van der Waals surface area contributed by atoms with Crippen LogP contribution in [0.1, 0.15) is 20.8 Å². The zero-order valence-electron chi connectivity index (χ0n) is 9.07. The van der Waals surface area contributed by atoms with Crippen molar-refractivity contribution in [2.45, 2.75) is 31.3 Å². The second-order valence-corrected chi connectivity index (χ2v) is 6.53. The molecule has 0 spiro atoms. The maximum Gasteiger partial charge on any atom is 0.333 e. The van der Waals surface area contributed by atoms with Crippen molar-refractivity contribution in [2.75, 3.05) is 0 Å². The summed E-state index contributed by atoms with van der Waals surface area (Å²) in [5.74, 6) is -0.124. The molecule has 1 saturated carbocycles. The van der Waals surface area contributed by atoms with Gasteiger partial charge in [-0.3, -0.25) is 0 Å². The van der Waals surface area contributed by atoms with Crippen molar-refractivity contribution in [3.63, 3.8) is 0 Å². The maximum atomic E-state index is 11.1. The molecule has 0 aromatic rings. The van der Waals surface area contributed by atoms with Gasteiger partial charge in [0.1, 0.15) is 0 Å². The summed E-state index contributed by atoms with van der Waals surface area (Å²) in [4.78, 5) is 11.1. The van der Waals surface area contributed by atoms with Gasteiger partial charge in [0.15, 0.2) is 0 Å². The summed E-state index contributed by atoms with van der Waals surface area (Å²) in [5.41, 5.74) is 3.57. The van der Waals surface area contributed by atoms with Crippen LogP contribution in [0.4, 0.5) is 0 Å². The first-order valence-corrected chi connectivity index (χ1v) is 6.20. The molecule has 0 aromatic carbocycles. The SMILES string of the molecule is CC1=C2C(S[C@@H]3[C@H]2C3(C)C)C(C(=O)O)=C1. The number of thioether (sulfide) groups is 1. The minimum absolute atomic E-state index is 0.158. The van der Waals surface area contributed by atoms with Crippen molar-refractivity contribution in [2.24, 2.45) is 11.3 Å². The Bertz CT molecular complexity index is 431. The summed E-state index contributed by atoms with van der Waals surface area (Å²) in [6, 6.07) is 0. The molecule has 3 rings (SSSR count). The van der Waals surface area contributed by atoms with Crippen molar-refractivity contribution >= 4 is 17.7 Å². The van der Waals surface area contributed by atoms with Crippen LogP contribution in [-0.2, 0) is 4.79 Å². The van der Waals surface area contributed by atoms with E-state index in [0.717, 1.165) is 0 Å². The molecular weight excluding hydrogens is 208 g/mol. The lowest BCUT2D eigenvalue weighted by Gasteiger charge is -2.17. The van der Waals surface area contributed by atoms with Crippen molar-refractivity contribution < 1.29 is 9.90 Å². The molecule has 2 aliphatic carbocycles. The predicted octanol–water partition coefficient (Wildman–Crippen LogP) is 2.47. The molecule has 0 aromatic heterocycles. The van der Waals surface area contributed by atoms with Crippen LogP contribution in [0.15, 0.2) is 22.8 Å². The standard InChI is InChI=1S/C12H14O2S/c1-5-4-6(11(13)14)9-7(5)8-10(15-9)12(8,2)3/h4,8-10H,1-3H3,(H,13,14)/t8-,9?,10+/m0/s1. The van der Waals surface area contributed by atoms with Crippen LogP contribution < -0.4 is 0 Å². The van der Waals surface area contributed by atoms with E-state index in [1.165, 1.54) is 11.1 Å². The summed E-state index contributed by atoms with van der Waals surface area (Å²) in [5, 5.41) is 9.91. The van der Waals surface area contributed by atoms with E-state index in [9.17, 15) is 4.79 Å². The smallest absolute Gasteiger partial charge is 0.333 e. The Kier molecular flexibility index (Phi) is 1.59. The predicted molar refractivity (Wildman–Crippen MR) is 60.9 cm³/mol. The van der Waals surface area contributed by atoms with E-state index in [4.69, 9.17) is 5.11 Å². The molecule has 15 heavy (non-hydrogen) atoms. The second kappa shape index (κ2) is 2.51. The number of hydrogen-bond acceptors (Lipinski definition) is 2. The van der Waals surface area contributed by atoms with Crippen molar-refractivity contribution in [1.29, 1.82) is 0 Å². The average Bonchev–Trinajstić information content (AvgIpc) is 2.54. The van der Waals surface area contributed by atoms with Crippen LogP contribution in [0.2, 0.25) is 0 Å². The fourth-order valence-corrected chi connectivity index (χ4v) is 5.21. The highest BCUT2D eigenvalue weighted by atomic mass is 32.2. The molecule has 1 N–H and O–H groups in total. The van der Waals surface area contributed by atoms with Gasteiger partial charge in [0.2, 0.25) is 0 Å². The van der Waals surface area contributed by atoms with Gasteiger partial charge in [-0.25, -0.2) is 4.79 Å². The number of aliphatic carboxylic acids is 1. The number of allylic oxidation sites excluding steroid dienone is 2. The van der Waals surface area contributed by atoms with Crippen LogP contribution in [0.25, 0.3) is 0 Å². The molecule has 3 atom stereocenters.